The Labute approximate surface area is 194 Å². The molecule has 0 saturated heterocycles. The predicted molar refractivity (Wildman–Crippen MR) is 126 cm³/mol. The van der Waals surface area contributed by atoms with Crippen LogP contribution in [0.4, 0.5) is 4.79 Å². The molecule has 0 fully saturated rings. The van der Waals surface area contributed by atoms with Gasteiger partial charge in [-0.15, -0.1) is 0 Å². The Hall–Kier alpha value is -3.35. The van der Waals surface area contributed by atoms with Crippen LogP contribution >= 0.6 is 0 Å². The van der Waals surface area contributed by atoms with Gasteiger partial charge in [0.25, 0.3) is 0 Å². The minimum atomic E-state index is -0.960. The second-order valence-corrected chi connectivity index (χ2v) is 8.80. The van der Waals surface area contributed by atoms with Crippen molar-refractivity contribution >= 4 is 18.0 Å². The Morgan fingerprint density at radius 1 is 0.939 bits per heavy atom. The Morgan fingerprint density at radius 3 is 2.03 bits per heavy atom. The molecule has 0 saturated carbocycles. The number of fused-ring (bicyclic) bond motifs is 3. The number of carbonyl (C=O) groups is 3. The summed E-state index contributed by atoms with van der Waals surface area (Å²) in [7, 11) is 0. The highest BCUT2D eigenvalue weighted by molar-refractivity contribution is 5.80. The van der Waals surface area contributed by atoms with E-state index >= 15 is 0 Å². The molecule has 0 heterocycles. The molecular weight excluding hydrogens is 420 g/mol. The molecule has 3 N–H and O–H groups in total. The zero-order valence-corrected chi connectivity index (χ0v) is 19.3. The highest BCUT2D eigenvalue weighted by Crippen LogP contribution is 2.44. The maximum atomic E-state index is 12.5. The second kappa shape index (κ2) is 11.0. The van der Waals surface area contributed by atoms with Crippen LogP contribution in [0.3, 0.4) is 0 Å². The van der Waals surface area contributed by atoms with E-state index in [1.165, 1.54) is 0 Å². The molecule has 7 heteroatoms. The van der Waals surface area contributed by atoms with Gasteiger partial charge < -0.3 is 20.5 Å². The third kappa shape index (κ3) is 6.12. The van der Waals surface area contributed by atoms with E-state index in [1.54, 1.807) is 0 Å². The molecule has 33 heavy (non-hydrogen) atoms. The Balaban J connectivity index is 1.55. The summed E-state index contributed by atoms with van der Waals surface area (Å²) in [6, 6.07) is 15.4. The van der Waals surface area contributed by atoms with Gasteiger partial charge in [0, 0.05) is 24.4 Å². The third-order valence-corrected chi connectivity index (χ3v) is 6.14. The van der Waals surface area contributed by atoms with Gasteiger partial charge in [-0.25, -0.2) is 4.79 Å². The number of aliphatic carboxylic acids is 1. The number of amides is 2. The van der Waals surface area contributed by atoms with Crippen molar-refractivity contribution in [3.63, 3.8) is 0 Å². The monoisotopic (exact) mass is 452 g/mol. The van der Waals surface area contributed by atoms with Crippen LogP contribution in [0.1, 0.15) is 57.1 Å². The van der Waals surface area contributed by atoms with Gasteiger partial charge in [0.1, 0.15) is 6.61 Å². The first-order chi connectivity index (χ1) is 15.8. The molecule has 0 bridgehead atoms. The first-order valence-electron chi connectivity index (χ1n) is 11.4. The van der Waals surface area contributed by atoms with Crippen LogP contribution in [0.25, 0.3) is 11.1 Å². The van der Waals surface area contributed by atoms with Gasteiger partial charge in [-0.05, 0) is 34.6 Å². The van der Waals surface area contributed by atoms with E-state index in [4.69, 9.17) is 9.84 Å². The van der Waals surface area contributed by atoms with E-state index in [-0.39, 0.29) is 37.2 Å². The highest BCUT2D eigenvalue weighted by Gasteiger charge is 2.29. The fourth-order valence-corrected chi connectivity index (χ4v) is 4.24. The van der Waals surface area contributed by atoms with Gasteiger partial charge in [0.05, 0.1) is 6.42 Å². The molecule has 0 spiro atoms. The van der Waals surface area contributed by atoms with Gasteiger partial charge >= 0.3 is 12.1 Å². The lowest BCUT2D eigenvalue weighted by Crippen LogP contribution is -2.44. The summed E-state index contributed by atoms with van der Waals surface area (Å²) in [5, 5.41) is 14.6. The summed E-state index contributed by atoms with van der Waals surface area (Å²) in [6.07, 6.45) is -0.102. The van der Waals surface area contributed by atoms with Gasteiger partial charge in [-0.1, -0.05) is 69.3 Å². The maximum absolute atomic E-state index is 12.5. The van der Waals surface area contributed by atoms with Crippen molar-refractivity contribution in [2.24, 2.45) is 5.92 Å². The van der Waals surface area contributed by atoms with Crippen molar-refractivity contribution in [2.75, 3.05) is 6.61 Å². The van der Waals surface area contributed by atoms with E-state index in [0.29, 0.717) is 6.42 Å². The number of ether oxygens (including phenoxy) is 1. The zero-order chi connectivity index (χ0) is 24.0. The summed E-state index contributed by atoms with van der Waals surface area (Å²) in [5.41, 5.74) is 4.59. The minimum Gasteiger partial charge on any atom is -0.481 e. The maximum Gasteiger partial charge on any atom is 0.407 e. The quantitative estimate of drug-likeness (QED) is 0.498. The van der Waals surface area contributed by atoms with Crippen molar-refractivity contribution in [3.05, 3.63) is 59.7 Å². The molecule has 1 aliphatic rings. The lowest BCUT2D eigenvalue weighted by Gasteiger charge is -2.23. The van der Waals surface area contributed by atoms with Gasteiger partial charge in [-0.3, -0.25) is 9.59 Å². The topological polar surface area (TPSA) is 105 Å². The molecule has 1 unspecified atom stereocenters. The van der Waals surface area contributed by atoms with E-state index in [1.807, 2.05) is 45.0 Å². The number of rotatable bonds is 10. The molecule has 3 rings (SSSR count). The van der Waals surface area contributed by atoms with Crippen LogP contribution in [-0.4, -0.2) is 41.8 Å². The summed E-state index contributed by atoms with van der Waals surface area (Å²) in [4.78, 5) is 36.0. The van der Waals surface area contributed by atoms with E-state index in [0.717, 1.165) is 22.3 Å². The van der Waals surface area contributed by atoms with Gasteiger partial charge in [-0.2, -0.15) is 0 Å². The Kier molecular flexibility index (Phi) is 8.09. The molecule has 2 atom stereocenters. The second-order valence-electron chi connectivity index (χ2n) is 8.80. The average Bonchev–Trinajstić information content (AvgIpc) is 3.10. The van der Waals surface area contributed by atoms with Crippen molar-refractivity contribution in [1.82, 2.24) is 10.6 Å². The van der Waals surface area contributed by atoms with Crippen molar-refractivity contribution in [2.45, 2.75) is 58.0 Å². The average molecular weight is 453 g/mol. The number of nitrogens with one attached hydrogen (secondary N) is 2. The van der Waals surface area contributed by atoms with Crippen LogP contribution in [0, 0.1) is 5.92 Å². The normalized spacial score (nSPS) is 14.2. The van der Waals surface area contributed by atoms with E-state index < -0.39 is 24.1 Å². The number of benzene rings is 2. The SMILES string of the molecule is CCC(CC(=O)N[C@@H](CC(=O)O)C(C)C)NC(=O)OCC1c2ccccc2-c2ccccc21. The van der Waals surface area contributed by atoms with Crippen LogP contribution in [-0.2, 0) is 14.3 Å². The Bertz CT molecular complexity index is 958. The molecular formula is C26H32N2O5. The summed E-state index contributed by atoms with van der Waals surface area (Å²) >= 11 is 0. The summed E-state index contributed by atoms with van der Waals surface area (Å²) in [6.45, 7) is 5.80. The fourth-order valence-electron chi connectivity index (χ4n) is 4.24. The van der Waals surface area contributed by atoms with Gasteiger partial charge in [0.15, 0.2) is 0 Å². The molecule has 0 aliphatic heterocycles. The largest absolute Gasteiger partial charge is 0.481 e. The lowest BCUT2D eigenvalue weighted by atomic mass is 9.98. The molecule has 2 aromatic rings. The first kappa shape index (κ1) is 24.3. The fraction of sp³-hybridized carbons (Fsp3) is 0.423. The molecule has 7 nitrogen and oxygen atoms in total. The predicted octanol–water partition coefficient (Wildman–Crippen LogP) is 4.31. The number of alkyl carbamates (subject to hydrolysis) is 1. The number of carbonyl (C=O) groups excluding carboxylic acids is 2. The lowest BCUT2D eigenvalue weighted by molar-refractivity contribution is -0.138. The van der Waals surface area contributed by atoms with Crippen molar-refractivity contribution in [3.8, 4) is 11.1 Å². The van der Waals surface area contributed by atoms with Crippen molar-refractivity contribution < 1.29 is 24.2 Å². The molecule has 1 aliphatic carbocycles. The number of hydrogen-bond donors (Lipinski definition) is 3. The summed E-state index contributed by atoms with van der Waals surface area (Å²) in [5.74, 6) is -1.30. The molecule has 176 valence electrons. The number of carboxylic acid groups (broad SMARTS) is 1. The molecule has 0 aromatic heterocycles. The van der Waals surface area contributed by atoms with Gasteiger partial charge in [0.2, 0.25) is 5.91 Å². The highest BCUT2D eigenvalue weighted by atomic mass is 16.5. The minimum absolute atomic E-state index is 0.0137. The van der Waals surface area contributed by atoms with Crippen LogP contribution < -0.4 is 10.6 Å². The molecule has 2 amide bonds. The first-order valence-corrected chi connectivity index (χ1v) is 11.4. The van der Waals surface area contributed by atoms with E-state index in [9.17, 15) is 14.4 Å². The van der Waals surface area contributed by atoms with Crippen LogP contribution in [0.2, 0.25) is 0 Å². The van der Waals surface area contributed by atoms with E-state index in [2.05, 4.69) is 34.9 Å². The molecule has 0 radical (unpaired) electrons. The number of carboxylic acids is 1. The van der Waals surface area contributed by atoms with Crippen LogP contribution in [0.5, 0.6) is 0 Å². The molecule has 2 aromatic carbocycles. The van der Waals surface area contributed by atoms with Crippen LogP contribution in [0.15, 0.2) is 48.5 Å². The smallest absolute Gasteiger partial charge is 0.407 e. The zero-order valence-electron chi connectivity index (χ0n) is 19.3. The summed E-state index contributed by atoms with van der Waals surface area (Å²) < 4.78 is 5.57. The third-order valence-electron chi connectivity index (χ3n) is 6.14. The standard InChI is InChI=1S/C26H32N2O5/c1-4-17(13-24(29)28-23(16(2)3)14-25(30)31)27-26(32)33-15-22-20-11-7-5-9-18(20)19-10-6-8-12-21(19)22/h5-12,16-17,22-23H,4,13-15H2,1-3H3,(H,27,32)(H,28,29)(H,30,31)/t17?,23-/m0/s1. The van der Waals surface area contributed by atoms with Crippen molar-refractivity contribution in [1.29, 1.82) is 0 Å². The Morgan fingerprint density at radius 2 is 1.52 bits per heavy atom. The number of hydrogen-bond acceptors (Lipinski definition) is 4.